The lowest BCUT2D eigenvalue weighted by Crippen LogP contribution is -2.39. The lowest BCUT2D eigenvalue weighted by molar-refractivity contribution is 0.0696. The van der Waals surface area contributed by atoms with Crippen LogP contribution < -0.4 is 9.64 Å². The summed E-state index contributed by atoms with van der Waals surface area (Å²) in [5.41, 5.74) is 1.81. The zero-order valence-electron chi connectivity index (χ0n) is 20.6. The van der Waals surface area contributed by atoms with Crippen molar-refractivity contribution in [1.82, 2.24) is 4.31 Å². The van der Waals surface area contributed by atoms with Gasteiger partial charge in [-0.15, -0.1) is 22.5 Å². The van der Waals surface area contributed by atoms with Gasteiger partial charge in [-0.3, -0.25) is 9.11 Å². The van der Waals surface area contributed by atoms with Gasteiger partial charge >= 0.3 is 5.97 Å². The molecule has 7 nitrogen and oxygen atoms in total. The number of thioether (sulfide) groups is 1. The van der Waals surface area contributed by atoms with Gasteiger partial charge in [0.15, 0.2) is 0 Å². The Hall–Kier alpha value is -2.69. The average Bonchev–Trinajstić information content (AvgIpc) is 2.96. The van der Waals surface area contributed by atoms with Gasteiger partial charge in [0.05, 0.1) is 16.1 Å². The fourth-order valence-electron chi connectivity index (χ4n) is 4.37. The predicted molar refractivity (Wildman–Crippen MR) is 147 cm³/mol. The van der Waals surface area contributed by atoms with Crippen LogP contribution in [0.4, 0.5) is 11.4 Å². The Morgan fingerprint density at radius 3 is 2.53 bits per heavy atom. The number of benzene rings is 3. The van der Waals surface area contributed by atoms with Gasteiger partial charge in [-0.05, 0) is 49.1 Å². The summed E-state index contributed by atoms with van der Waals surface area (Å²) < 4.78 is 31.0. The van der Waals surface area contributed by atoms with Crippen molar-refractivity contribution in [3.8, 4) is 11.5 Å². The highest BCUT2D eigenvalue weighted by Gasteiger charge is 2.38. The van der Waals surface area contributed by atoms with Crippen LogP contribution in [-0.2, 0) is 0 Å². The van der Waals surface area contributed by atoms with Crippen LogP contribution in [0.1, 0.15) is 36.5 Å². The molecule has 0 aromatic heterocycles. The number of likely N-dealkylation sites (N-methyl/N-ethyl adjacent to an activating group) is 1. The maximum absolute atomic E-state index is 11.6. The van der Waals surface area contributed by atoms with Crippen molar-refractivity contribution >= 4 is 39.9 Å². The summed E-state index contributed by atoms with van der Waals surface area (Å²) in [4.78, 5) is 14.8. The van der Waals surface area contributed by atoms with Crippen LogP contribution in [0, 0.1) is 0 Å². The summed E-state index contributed by atoms with van der Waals surface area (Å²) in [6, 6.07) is 19.8. The predicted octanol–water partition coefficient (Wildman–Crippen LogP) is 7.57. The second-order valence-corrected chi connectivity index (χ2v) is 11.6. The largest absolute Gasteiger partial charge is 0.478 e. The molecule has 9 heteroatoms. The smallest absolute Gasteiger partial charge is 0.335 e. The molecule has 3 aromatic rings. The molecule has 0 bridgehead atoms. The summed E-state index contributed by atoms with van der Waals surface area (Å²) >= 11 is 1.48. The van der Waals surface area contributed by atoms with Crippen LogP contribution in [0.15, 0.2) is 76.5 Å². The third kappa shape index (κ3) is 5.35. The summed E-state index contributed by atoms with van der Waals surface area (Å²) in [6.07, 6.45) is 4.76. The second kappa shape index (κ2) is 11.1. The molecule has 0 radical (unpaired) electrons. The molecular formula is C27H32N2O5S2. The molecule has 0 fully saturated rings. The number of fused-ring (bicyclic) bond motifs is 1. The van der Waals surface area contributed by atoms with Gasteiger partial charge in [-0.25, -0.2) is 9.10 Å². The zero-order chi connectivity index (χ0) is 25.9. The van der Waals surface area contributed by atoms with E-state index in [0.29, 0.717) is 22.9 Å². The van der Waals surface area contributed by atoms with Crippen LogP contribution >= 0.6 is 22.5 Å². The number of ether oxygens (including phenoxy) is 1. The molecule has 1 heterocycles. The molecule has 192 valence electrons. The Morgan fingerprint density at radius 1 is 1.11 bits per heavy atom. The summed E-state index contributed by atoms with van der Waals surface area (Å²) in [5, 5.41) is 9.35. The summed E-state index contributed by atoms with van der Waals surface area (Å²) in [7, 11) is -1.56. The quantitative estimate of drug-likeness (QED) is 0.258. The van der Waals surface area contributed by atoms with Crippen molar-refractivity contribution in [2.24, 2.45) is 0 Å². The van der Waals surface area contributed by atoms with Gasteiger partial charge in [-0.1, -0.05) is 44.0 Å². The lowest BCUT2D eigenvalue weighted by atomic mass is 10.1. The van der Waals surface area contributed by atoms with Crippen LogP contribution in [0.5, 0.6) is 11.5 Å². The maximum Gasteiger partial charge on any atom is 0.335 e. The number of carboxylic acids is 1. The molecule has 3 N–H and O–H groups in total. The van der Waals surface area contributed by atoms with E-state index in [-0.39, 0.29) is 11.6 Å². The SMILES string of the molecule is CCCCC1CN(c2ccccc2)c2cc(SC)c(Oc3cccc(C(=O)O)c3)cc2S(O)(O)N1C. The number of hydrogen-bond acceptors (Lipinski definition) is 7. The standard InChI is InChI=1S/C27H32N2O5S2/c1-4-5-11-21-18-29(20-12-7-6-8-13-20)23-16-25(35-3)24(17-26(23)36(32,33)28(21)2)34-22-14-9-10-19(15-22)27(30)31/h6-10,12-17,21,32-33H,4-5,11,18H2,1-3H3,(H,30,31). The maximum atomic E-state index is 11.6. The monoisotopic (exact) mass is 528 g/mol. The molecule has 1 aliphatic heterocycles. The van der Waals surface area contributed by atoms with Crippen molar-refractivity contribution in [3.05, 3.63) is 72.3 Å². The first-order chi connectivity index (χ1) is 17.3. The minimum absolute atomic E-state index is 0.0723. The number of para-hydroxylation sites is 1. The van der Waals surface area contributed by atoms with E-state index in [4.69, 9.17) is 4.74 Å². The zero-order valence-corrected chi connectivity index (χ0v) is 22.3. The molecule has 1 aliphatic rings. The third-order valence-corrected chi connectivity index (χ3v) is 9.18. The van der Waals surface area contributed by atoms with Crippen LogP contribution in [0.2, 0.25) is 0 Å². The number of nitrogens with zero attached hydrogens (tertiary/aromatic N) is 2. The van der Waals surface area contributed by atoms with Crippen molar-refractivity contribution in [2.45, 2.75) is 42.0 Å². The lowest BCUT2D eigenvalue weighted by Gasteiger charge is -2.43. The van der Waals surface area contributed by atoms with E-state index >= 15 is 0 Å². The van der Waals surface area contributed by atoms with E-state index in [0.717, 1.165) is 35.5 Å². The number of carboxylic acid groups (broad SMARTS) is 1. The number of anilines is 2. The molecule has 1 atom stereocenters. The number of rotatable bonds is 8. The Labute approximate surface area is 218 Å². The third-order valence-electron chi connectivity index (χ3n) is 6.41. The average molecular weight is 529 g/mol. The molecule has 0 amide bonds. The van der Waals surface area contributed by atoms with Crippen molar-refractivity contribution < 1.29 is 23.7 Å². The van der Waals surface area contributed by atoms with E-state index in [9.17, 15) is 19.0 Å². The Kier molecular flexibility index (Phi) is 8.17. The number of aromatic carboxylic acids is 1. The molecule has 4 rings (SSSR count). The van der Waals surface area contributed by atoms with E-state index in [2.05, 4.69) is 11.8 Å². The molecule has 0 saturated heterocycles. The summed E-state index contributed by atoms with van der Waals surface area (Å²) in [6.45, 7) is 2.74. The second-order valence-electron chi connectivity index (χ2n) is 8.71. The van der Waals surface area contributed by atoms with E-state index in [1.54, 1.807) is 29.6 Å². The topological polar surface area (TPSA) is 93.5 Å². The van der Waals surface area contributed by atoms with Crippen molar-refractivity contribution in [2.75, 3.05) is 24.7 Å². The molecule has 3 aromatic carbocycles. The van der Waals surface area contributed by atoms with Gasteiger partial charge in [-0.2, -0.15) is 0 Å². The Balaban J connectivity index is 1.86. The molecule has 36 heavy (non-hydrogen) atoms. The summed E-state index contributed by atoms with van der Waals surface area (Å²) in [5.74, 6) is -0.235. The Morgan fingerprint density at radius 2 is 1.86 bits per heavy atom. The molecular weight excluding hydrogens is 496 g/mol. The molecule has 0 spiro atoms. The molecule has 0 saturated carbocycles. The highest BCUT2D eigenvalue weighted by Crippen LogP contribution is 2.60. The van der Waals surface area contributed by atoms with E-state index in [1.807, 2.05) is 42.7 Å². The molecule has 1 unspecified atom stereocenters. The first-order valence-electron chi connectivity index (χ1n) is 11.8. The van der Waals surface area contributed by atoms with Crippen molar-refractivity contribution in [1.29, 1.82) is 0 Å². The van der Waals surface area contributed by atoms with E-state index in [1.165, 1.54) is 23.9 Å². The number of carbonyl (C=O) groups is 1. The van der Waals surface area contributed by atoms with Gasteiger partial charge in [0.25, 0.3) is 0 Å². The fourth-order valence-corrected chi connectivity index (χ4v) is 6.52. The normalized spacial score (nSPS) is 18.2. The number of unbranched alkanes of at least 4 members (excludes halogenated alkanes) is 1. The Bertz CT molecular complexity index is 1220. The van der Waals surface area contributed by atoms with Gasteiger partial charge in [0.2, 0.25) is 0 Å². The molecule has 0 aliphatic carbocycles. The van der Waals surface area contributed by atoms with Crippen molar-refractivity contribution in [3.63, 3.8) is 0 Å². The first-order valence-corrected chi connectivity index (χ1v) is 14.6. The van der Waals surface area contributed by atoms with Crippen LogP contribution in [-0.4, -0.2) is 50.4 Å². The van der Waals surface area contributed by atoms with Gasteiger partial charge in [0.1, 0.15) is 16.4 Å². The van der Waals surface area contributed by atoms with Gasteiger partial charge < -0.3 is 14.7 Å². The van der Waals surface area contributed by atoms with E-state index < -0.39 is 16.7 Å². The van der Waals surface area contributed by atoms with Crippen LogP contribution in [0.25, 0.3) is 0 Å². The highest BCUT2D eigenvalue weighted by atomic mass is 32.3. The highest BCUT2D eigenvalue weighted by molar-refractivity contribution is 8.22. The first kappa shape index (κ1) is 26.4. The number of hydrogen-bond donors (Lipinski definition) is 3. The minimum atomic E-state index is -3.33. The van der Waals surface area contributed by atoms with Gasteiger partial charge in [0, 0.05) is 31.4 Å². The van der Waals surface area contributed by atoms with Crippen LogP contribution in [0.3, 0.4) is 0 Å². The minimum Gasteiger partial charge on any atom is -0.478 e. The fraction of sp³-hybridized carbons (Fsp3) is 0.296.